The van der Waals surface area contributed by atoms with Crippen LogP contribution in [-0.2, 0) is 23.5 Å². The van der Waals surface area contributed by atoms with Gasteiger partial charge in [-0.3, -0.25) is 9.59 Å². The summed E-state index contributed by atoms with van der Waals surface area (Å²) >= 11 is 0. The number of esters is 2. The first-order valence-electron chi connectivity index (χ1n) is 14.5. The first-order chi connectivity index (χ1) is 17.0. The zero-order valence-corrected chi connectivity index (χ0v) is 26.1. The van der Waals surface area contributed by atoms with Crippen molar-refractivity contribution in [1.82, 2.24) is 0 Å². The number of cyclic esters (lactones) is 1. The van der Waals surface area contributed by atoms with E-state index in [-0.39, 0.29) is 41.2 Å². The second-order valence-electron chi connectivity index (χ2n) is 14.1. The highest BCUT2D eigenvalue weighted by Crippen LogP contribution is 2.46. The molecule has 0 aromatic heterocycles. The summed E-state index contributed by atoms with van der Waals surface area (Å²) in [5.41, 5.74) is 0.819. The van der Waals surface area contributed by atoms with Crippen molar-refractivity contribution in [3.63, 3.8) is 0 Å². The van der Waals surface area contributed by atoms with Gasteiger partial charge < -0.3 is 13.9 Å². The van der Waals surface area contributed by atoms with Gasteiger partial charge in [0.15, 0.2) is 8.32 Å². The minimum absolute atomic E-state index is 0.0632. The second kappa shape index (κ2) is 11.4. The van der Waals surface area contributed by atoms with Crippen molar-refractivity contribution in [3.05, 3.63) is 23.8 Å². The summed E-state index contributed by atoms with van der Waals surface area (Å²) in [6.45, 7) is 21.6. The van der Waals surface area contributed by atoms with Gasteiger partial charge in [0, 0.05) is 12.3 Å². The molecule has 1 heterocycles. The van der Waals surface area contributed by atoms with E-state index in [1.807, 2.05) is 20.8 Å². The van der Waals surface area contributed by atoms with Crippen LogP contribution in [0, 0.1) is 29.1 Å². The van der Waals surface area contributed by atoms with E-state index in [4.69, 9.17) is 13.9 Å². The smallest absolute Gasteiger partial charge is 0.311 e. The number of hydrogen-bond acceptors (Lipinski definition) is 5. The van der Waals surface area contributed by atoms with Crippen molar-refractivity contribution >= 4 is 20.3 Å². The van der Waals surface area contributed by atoms with Gasteiger partial charge in [-0.15, -0.1) is 0 Å². The first kappa shape index (κ1) is 30.1. The van der Waals surface area contributed by atoms with Crippen molar-refractivity contribution in [1.29, 1.82) is 0 Å². The van der Waals surface area contributed by atoms with E-state index in [0.717, 1.165) is 32.1 Å². The molecule has 0 radical (unpaired) electrons. The molecule has 6 heteroatoms. The summed E-state index contributed by atoms with van der Waals surface area (Å²) < 4.78 is 18.7. The SMILES string of the molecule is CCC(C)(C)C(=O)O[C@H]1C[C@@H](C)C=C2C=C[C@H](C)[C@H](CC[C@@H]3C[C@@H](O[Si](C)(C)C(C)(C)C)CC(=O)O3)[C@H]21. The van der Waals surface area contributed by atoms with E-state index in [1.165, 1.54) is 5.57 Å². The molecule has 0 spiro atoms. The van der Waals surface area contributed by atoms with Crippen LogP contribution in [0.5, 0.6) is 0 Å². The van der Waals surface area contributed by atoms with Gasteiger partial charge in [-0.1, -0.05) is 59.8 Å². The molecular weight excluding hydrogens is 480 g/mol. The maximum Gasteiger partial charge on any atom is 0.311 e. The highest BCUT2D eigenvalue weighted by molar-refractivity contribution is 6.74. The van der Waals surface area contributed by atoms with Crippen LogP contribution < -0.4 is 0 Å². The number of carbonyl (C=O) groups is 2. The average molecular weight is 533 g/mol. The number of allylic oxidation sites excluding steroid dienone is 3. The van der Waals surface area contributed by atoms with Crippen LogP contribution in [0.15, 0.2) is 23.8 Å². The molecule has 0 saturated carbocycles. The van der Waals surface area contributed by atoms with Crippen LogP contribution in [0.25, 0.3) is 0 Å². The molecule has 0 aromatic carbocycles. The fourth-order valence-electron chi connectivity index (χ4n) is 5.75. The highest BCUT2D eigenvalue weighted by Gasteiger charge is 2.44. The van der Waals surface area contributed by atoms with Crippen molar-refractivity contribution in [2.45, 2.75) is 130 Å². The van der Waals surface area contributed by atoms with E-state index in [9.17, 15) is 9.59 Å². The van der Waals surface area contributed by atoms with Crippen LogP contribution in [0.3, 0.4) is 0 Å². The maximum absolute atomic E-state index is 13.1. The Bertz CT molecular complexity index is 896. The summed E-state index contributed by atoms with van der Waals surface area (Å²) in [7, 11) is -1.96. The first-order valence-corrected chi connectivity index (χ1v) is 17.4. The van der Waals surface area contributed by atoms with Crippen LogP contribution in [0.1, 0.15) is 93.9 Å². The lowest BCUT2D eigenvalue weighted by Gasteiger charge is -2.44. The number of ether oxygens (including phenoxy) is 2. The Morgan fingerprint density at radius 2 is 1.78 bits per heavy atom. The number of fused-ring (bicyclic) bond motifs is 1. The highest BCUT2D eigenvalue weighted by atomic mass is 28.4. The normalized spacial score (nSPS) is 32.9. The Hall–Kier alpha value is -1.40. The van der Waals surface area contributed by atoms with E-state index < -0.39 is 13.7 Å². The van der Waals surface area contributed by atoms with Gasteiger partial charge in [-0.2, -0.15) is 0 Å². The van der Waals surface area contributed by atoms with Gasteiger partial charge in [-0.05, 0) is 81.0 Å². The van der Waals surface area contributed by atoms with Gasteiger partial charge in [0.1, 0.15) is 12.2 Å². The molecule has 5 nitrogen and oxygen atoms in total. The van der Waals surface area contributed by atoms with Crippen molar-refractivity contribution in [3.8, 4) is 0 Å². The lowest BCUT2D eigenvalue weighted by atomic mass is 9.65. The molecule has 1 saturated heterocycles. The van der Waals surface area contributed by atoms with Gasteiger partial charge in [0.05, 0.1) is 17.9 Å². The van der Waals surface area contributed by atoms with Crippen molar-refractivity contribution in [2.75, 3.05) is 0 Å². The molecule has 7 atom stereocenters. The van der Waals surface area contributed by atoms with Crippen LogP contribution >= 0.6 is 0 Å². The molecule has 1 fully saturated rings. The maximum atomic E-state index is 13.1. The summed E-state index contributed by atoms with van der Waals surface area (Å²) in [6.07, 6.45) is 11.1. The molecule has 3 rings (SSSR count). The monoisotopic (exact) mass is 532 g/mol. The lowest BCUT2D eigenvalue weighted by molar-refractivity contribution is -0.165. The predicted molar refractivity (Wildman–Crippen MR) is 152 cm³/mol. The Morgan fingerprint density at radius 3 is 2.41 bits per heavy atom. The van der Waals surface area contributed by atoms with Gasteiger partial charge in [0.25, 0.3) is 0 Å². The number of hydrogen-bond donors (Lipinski definition) is 0. The van der Waals surface area contributed by atoms with E-state index in [1.54, 1.807) is 0 Å². The fourth-order valence-corrected chi connectivity index (χ4v) is 7.11. The third kappa shape index (κ3) is 7.17. The molecule has 1 aliphatic heterocycles. The third-order valence-electron chi connectivity index (χ3n) is 9.60. The summed E-state index contributed by atoms with van der Waals surface area (Å²) in [5.74, 6) is 1.03. The van der Waals surface area contributed by atoms with E-state index in [2.05, 4.69) is 65.9 Å². The largest absolute Gasteiger partial charge is 0.462 e. The topological polar surface area (TPSA) is 61.8 Å². The second-order valence-corrected chi connectivity index (χ2v) is 18.9. The van der Waals surface area contributed by atoms with Gasteiger partial charge in [-0.25, -0.2) is 0 Å². The summed E-state index contributed by atoms with van der Waals surface area (Å²) in [4.78, 5) is 25.6. The van der Waals surface area contributed by atoms with Crippen molar-refractivity contribution < 1.29 is 23.5 Å². The quantitative estimate of drug-likeness (QED) is 0.238. The zero-order chi connectivity index (χ0) is 27.8. The predicted octanol–water partition coefficient (Wildman–Crippen LogP) is 7.62. The van der Waals surface area contributed by atoms with Crippen LogP contribution in [0.2, 0.25) is 18.1 Å². The third-order valence-corrected chi connectivity index (χ3v) is 14.1. The molecule has 2 aliphatic carbocycles. The lowest BCUT2D eigenvalue weighted by Crippen LogP contribution is -2.47. The molecule has 3 aliphatic rings. The molecule has 0 amide bonds. The molecule has 37 heavy (non-hydrogen) atoms. The standard InChI is InChI=1S/C31H52O5Si/c1-11-31(7,8)29(33)35-26-17-20(2)16-22-13-12-21(3)25(28(22)26)15-14-23-18-24(19-27(32)34-23)36-37(9,10)30(4,5)6/h12-13,16,20-21,23-26,28H,11,14-15,17-19H2,1-10H3/t20-,21-,23+,24+,25-,26-,28-/m0/s1. The van der Waals surface area contributed by atoms with Crippen molar-refractivity contribution in [2.24, 2.45) is 29.1 Å². The number of carbonyl (C=O) groups excluding carboxylic acids is 2. The molecule has 210 valence electrons. The van der Waals surface area contributed by atoms with Gasteiger partial charge in [0.2, 0.25) is 0 Å². The van der Waals surface area contributed by atoms with Crippen LogP contribution in [0.4, 0.5) is 0 Å². The fraction of sp³-hybridized carbons (Fsp3) is 0.806. The summed E-state index contributed by atoms with van der Waals surface area (Å²) in [6, 6.07) is 0. The Morgan fingerprint density at radius 1 is 1.11 bits per heavy atom. The number of rotatable bonds is 8. The molecule has 0 unspecified atom stereocenters. The Kier molecular flexibility index (Phi) is 9.27. The zero-order valence-electron chi connectivity index (χ0n) is 25.1. The molecule has 0 N–H and O–H groups in total. The van der Waals surface area contributed by atoms with Gasteiger partial charge >= 0.3 is 11.9 Å². The minimum atomic E-state index is -1.96. The average Bonchev–Trinajstić information content (AvgIpc) is 2.77. The minimum Gasteiger partial charge on any atom is -0.462 e. The Balaban J connectivity index is 1.73. The van der Waals surface area contributed by atoms with E-state index in [0.29, 0.717) is 24.2 Å². The van der Waals surface area contributed by atoms with Crippen LogP contribution in [-0.4, -0.2) is 38.6 Å². The molecule has 0 aromatic rings. The molecular formula is C31H52O5Si. The van der Waals surface area contributed by atoms with E-state index >= 15 is 0 Å². The summed E-state index contributed by atoms with van der Waals surface area (Å²) in [5, 5.41) is 0.105. The Labute approximate surface area is 226 Å². The molecule has 0 bridgehead atoms.